The number of hydrogen-bond acceptors (Lipinski definition) is 6. The van der Waals surface area contributed by atoms with Crippen LogP contribution in [0.1, 0.15) is 41.5 Å². The van der Waals surface area contributed by atoms with Crippen molar-refractivity contribution < 1.29 is 53.5 Å². The van der Waals surface area contributed by atoms with Gasteiger partial charge in [-0.1, -0.05) is 41.5 Å². The van der Waals surface area contributed by atoms with Gasteiger partial charge in [-0.2, -0.15) is 4.75 Å². The molecule has 0 aliphatic rings. The van der Waals surface area contributed by atoms with Gasteiger partial charge in [-0.05, 0) is 40.2 Å². The summed E-state index contributed by atoms with van der Waals surface area (Å²) in [5.41, 5.74) is 10.8. The predicted octanol–water partition coefficient (Wildman–Crippen LogP) is -0.679. The second-order valence-corrected chi connectivity index (χ2v) is 11.2. The largest absolute Gasteiger partial charge is 1.00 e. The van der Waals surface area contributed by atoms with E-state index in [1.54, 1.807) is 24.0 Å². The molecule has 0 unspecified atom stereocenters. The Morgan fingerprint density at radius 3 is 1.56 bits per heavy atom. The summed E-state index contributed by atoms with van der Waals surface area (Å²) < 4.78 is 1.27. The molecule has 0 radical (unpaired) electrons. The molecule has 0 bridgehead atoms. The monoisotopic (exact) mass is 593 g/mol. The minimum Gasteiger partial charge on any atom is -1.00 e. The molecular weight excluding hydrogens is 566 g/mol. The number of rotatable bonds is 1. The quantitative estimate of drug-likeness (QED) is 0.198. The van der Waals surface area contributed by atoms with Crippen LogP contribution in [0, 0.1) is 0 Å². The molecular formula is C18H28BrIN4NaS2-. The Labute approximate surface area is 221 Å². The number of thioether (sulfide) groups is 1. The Balaban J connectivity index is -0.000000337. The number of halogens is 2. The van der Waals surface area contributed by atoms with E-state index in [1.165, 1.54) is 0 Å². The summed E-state index contributed by atoms with van der Waals surface area (Å²) in [5.74, 6) is 1.13. The van der Waals surface area contributed by atoms with Gasteiger partial charge in [0, 0.05) is 26.5 Å². The van der Waals surface area contributed by atoms with Gasteiger partial charge < -0.3 is 48.1 Å². The van der Waals surface area contributed by atoms with E-state index in [2.05, 4.69) is 46.7 Å². The molecule has 148 valence electrons. The third-order valence-corrected chi connectivity index (χ3v) is 3.49. The Bertz CT molecular complexity index is 588. The van der Waals surface area contributed by atoms with Gasteiger partial charge in [0.05, 0.1) is 0 Å². The van der Waals surface area contributed by atoms with E-state index in [4.69, 9.17) is 24.1 Å². The molecule has 0 amide bonds. The van der Waals surface area contributed by atoms with Crippen molar-refractivity contribution in [1.82, 2.24) is 9.97 Å². The average molecular weight is 594 g/mol. The SMILES string of the molecule is CC(C)(C)Sc1ccc(N)nc1.CC(C)(C)[S-].Nc1ccc(Br)cn1.[I-].[Na+]. The maximum absolute atomic E-state index is 5.47. The van der Waals surface area contributed by atoms with Crippen molar-refractivity contribution in [2.45, 2.75) is 55.9 Å². The zero-order valence-electron chi connectivity index (χ0n) is 17.1. The van der Waals surface area contributed by atoms with Crippen LogP contribution < -0.4 is 65.0 Å². The topological polar surface area (TPSA) is 77.8 Å². The van der Waals surface area contributed by atoms with Crippen molar-refractivity contribution in [2.75, 3.05) is 11.5 Å². The molecule has 0 fully saturated rings. The van der Waals surface area contributed by atoms with Crippen LogP contribution in [0.5, 0.6) is 0 Å². The van der Waals surface area contributed by atoms with Crippen molar-refractivity contribution >= 4 is 52.0 Å². The van der Waals surface area contributed by atoms with Gasteiger partial charge in [-0.25, -0.2) is 9.97 Å². The Kier molecular flexibility index (Phi) is 18.8. The van der Waals surface area contributed by atoms with Crippen LogP contribution in [0.15, 0.2) is 46.0 Å². The van der Waals surface area contributed by atoms with Gasteiger partial charge in [-0.3, -0.25) is 0 Å². The first-order chi connectivity index (χ1) is 11.3. The molecule has 2 aromatic heterocycles. The fraction of sp³-hybridized carbons (Fsp3) is 0.444. The Hall–Kier alpha value is 0.810. The minimum absolute atomic E-state index is 0. The van der Waals surface area contributed by atoms with Crippen LogP contribution in [0.4, 0.5) is 11.6 Å². The second kappa shape index (κ2) is 15.6. The summed E-state index contributed by atoms with van der Waals surface area (Å²) in [7, 11) is 0. The zero-order valence-corrected chi connectivity index (χ0v) is 24.5. The predicted molar refractivity (Wildman–Crippen MR) is 118 cm³/mol. The van der Waals surface area contributed by atoms with Gasteiger partial charge in [0.2, 0.25) is 0 Å². The zero-order chi connectivity index (χ0) is 19.7. The van der Waals surface area contributed by atoms with E-state index < -0.39 is 0 Å². The first-order valence-corrected chi connectivity index (χ1v) is 9.76. The molecule has 2 aromatic rings. The average Bonchev–Trinajstić information content (AvgIpc) is 2.42. The molecule has 2 heterocycles. The fourth-order valence-corrected chi connectivity index (χ4v) is 2.38. The maximum atomic E-state index is 5.47. The Morgan fingerprint density at radius 1 is 0.889 bits per heavy atom. The van der Waals surface area contributed by atoms with Crippen LogP contribution in [0.25, 0.3) is 0 Å². The van der Waals surface area contributed by atoms with Crippen LogP contribution in [0.3, 0.4) is 0 Å². The van der Waals surface area contributed by atoms with E-state index in [-0.39, 0.29) is 63.0 Å². The normalized spacial score (nSPS) is 10.1. The van der Waals surface area contributed by atoms with Crippen molar-refractivity contribution in [3.63, 3.8) is 0 Å². The minimum atomic E-state index is 0. The molecule has 4 nitrogen and oxygen atoms in total. The molecule has 4 N–H and O–H groups in total. The summed E-state index contributed by atoms with van der Waals surface area (Å²) in [5, 5.41) is 0. The smallest absolute Gasteiger partial charge is 1.00 e. The number of hydrogen-bond donors (Lipinski definition) is 2. The molecule has 0 aliphatic carbocycles. The van der Waals surface area contributed by atoms with Gasteiger partial charge in [0.25, 0.3) is 0 Å². The van der Waals surface area contributed by atoms with Crippen molar-refractivity contribution in [3.05, 3.63) is 41.1 Å². The van der Waals surface area contributed by atoms with E-state index in [0.717, 1.165) is 9.37 Å². The number of nitrogens with zero attached hydrogens (tertiary/aromatic N) is 2. The van der Waals surface area contributed by atoms with Gasteiger partial charge in [0.1, 0.15) is 11.6 Å². The fourth-order valence-electron chi connectivity index (χ4n) is 1.19. The van der Waals surface area contributed by atoms with Crippen LogP contribution in [0.2, 0.25) is 0 Å². The van der Waals surface area contributed by atoms with Gasteiger partial charge in [-0.15, -0.1) is 11.8 Å². The number of anilines is 2. The summed E-state index contributed by atoms with van der Waals surface area (Å²) in [6.07, 6.45) is 3.47. The van der Waals surface area contributed by atoms with Gasteiger partial charge in [0.15, 0.2) is 0 Å². The first kappa shape index (κ1) is 32.5. The molecule has 0 aromatic carbocycles. The standard InChI is InChI=1S/C9H14N2S.C5H5BrN2.C4H10S.HI.Na/c1-9(2,3)12-7-4-5-8(10)11-6-7;6-4-1-2-5(7)8-3-4;1-4(2,3)5;;/h4-6H,1-3H3,(H2,10,11);1-3H,(H2,7,8);5H,1-3H3;1H;/q;;;;+1/p-2. The summed E-state index contributed by atoms with van der Waals surface area (Å²) >= 11 is 9.85. The van der Waals surface area contributed by atoms with Gasteiger partial charge >= 0.3 is 29.6 Å². The Morgan fingerprint density at radius 2 is 1.30 bits per heavy atom. The maximum Gasteiger partial charge on any atom is 1.00 e. The summed E-state index contributed by atoms with van der Waals surface area (Å²) in [6, 6.07) is 7.42. The van der Waals surface area contributed by atoms with E-state index in [1.807, 2.05) is 45.2 Å². The summed E-state index contributed by atoms with van der Waals surface area (Å²) in [4.78, 5) is 8.99. The third kappa shape index (κ3) is 24.8. The number of aromatic nitrogens is 2. The second-order valence-electron chi connectivity index (χ2n) is 7.15. The molecule has 0 saturated carbocycles. The number of pyridine rings is 2. The van der Waals surface area contributed by atoms with E-state index >= 15 is 0 Å². The van der Waals surface area contributed by atoms with Crippen LogP contribution >= 0.6 is 27.7 Å². The molecule has 0 saturated heterocycles. The van der Waals surface area contributed by atoms with Crippen molar-refractivity contribution in [2.24, 2.45) is 0 Å². The molecule has 9 heteroatoms. The van der Waals surface area contributed by atoms with E-state index in [0.29, 0.717) is 11.6 Å². The molecule has 27 heavy (non-hydrogen) atoms. The van der Waals surface area contributed by atoms with Crippen LogP contribution in [-0.2, 0) is 12.6 Å². The number of nitrogen functional groups attached to an aromatic ring is 2. The van der Waals surface area contributed by atoms with E-state index in [9.17, 15) is 0 Å². The van der Waals surface area contributed by atoms with Crippen molar-refractivity contribution in [3.8, 4) is 0 Å². The molecule has 0 atom stereocenters. The van der Waals surface area contributed by atoms with Crippen LogP contribution in [-0.4, -0.2) is 19.5 Å². The molecule has 0 aliphatic heterocycles. The number of nitrogens with two attached hydrogens (primary N) is 2. The van der Waals surface area contributed by atoms with Crippen molar-refractivity contribution in [1.29, 1.82) is 0 Å². The molecule has 2 rings (SSSR count). The molecule has 0 spiro atoms. The third-order valence-electron chi connectivity index (χ3n) is 1.93. The first-order valence-electron chi connectivity index (χ1n) is 7.74. The summed E-state index contributed by atoms with van der Waals surface area (Å²) in [6.45, 7) is 12.5.